The van der Waals surface area contributed by atoms with Crippen LogP contribution < -0.4 is 0 Å². The molecule has 0 heterocycles. The van der Waals surface area contributed by atoms with E-state index in [0.717, 1.165) is 32.1 Å². The molecule has 4 aliphatic carbocycles. The quantitative estimate of drug-likeness (QED) is 0.712. The van der Waals surface area contributed by atoms with Crippen molar-refractivity contribution in [2.45, 2.75) is 84.7 Å². The zero-order valence-electron chi connectivity index (χ0n) is 16.8. The van der Waals surface area contributed by atoms with Gasteiger partial charge in [0.25, 0.3) is 0 Å². The highest BCUT2D eigenvalue weighted by Gasteiger charge is 2.60. The van der Waals surface area contributed by atoms with Crippen LogP contribution in [0.1, 0.15) is 78.6 Å². The number of carbonyl (C=O) groups is 1. The van der Waals surface area contributed by atoms with Crippen LogP contribution in [0.4, 0.5) is 0 Å². The molecular weight excluding hydrogens is 364 g/mol. The Morgan fingerprint density at radius 2 is 1.63 bits per heavy atom. The summed E-state index contributed by atoms with van der Waals surface area (Å²) in [5.41, 5.74) is 0.416. The first-order chi connectivity index (χ1) is 12.5. The Labute approximate surface area is 163 Å². The number of Topliss-reactive ketones (excluding diaryl/α,β-unsaturated/α-hetero) is 1. The molecule has 4 fully saturated rings. The normalized spacial score (nSPS) is 49.8. The van der Waals surface area contributed by atoms with E-state index < -0.39 is 10.4 Å². The van der Waals surface area contributed by atoms with Crippen molar-refractivity contribution in [1.29, 1.82) is 0 Å². The lowest BCUT2D eigenvalue weighted by molar-refractivity contribution is -0.137. The molecule has 1 N–H and O–H groups in total. The monoisotopic (exact) mass is 398 g/mol. The number of fused-ring (bicyclic) bond motifs is 5. The minimum Gasteiger partial charge on any atom is -0.300 e. The molecule has 5 nitrogen and oxygen atoms in total. The summed E-state index contributed by atoms with van der Waals surface area (Å²) in [5, 5.41) is 0. The molecule has 0 aromatic carbocycles. The fourth-order valence-corrected chi connectivity index (χ4v) is 8.66. The summed E-state index contributed by atoms with van der Waals surface area (Å²) < 4.78 is 36.2. The lowest BCUT2D eigenvalue weighted by Crippen LogP contribution is -2.54. The van der Waals surface area contributed by atoms with Gasteiger partial charge in [0.1, 0.15) is 5.78 Å². The second kappa shape index (κ2) is 6.53. The van der Waals surface area contributed by atoms with Crippen molar-refractivity contribution < 1.29 is 21.9 Å². The molecule has 0 spiro atoms. The average molecular weight is 399 g/mol. The second-order valence-electron chi connectivity index (χ2n) is 10.4. The number of rotatable bonds is 3. The Hall–Kier alpha value is -0.460. The maximum atomic E-state index is 12.2. The third-order valence-corrected chi connectivity index (χ3v) is 9.88. The van der Waals surface area contributed by atoms with Gasteiger partial charge in [-0.25, -0.2) is 4.18 Å². The highest BCUT2D eigenvalue weighted by Crippen LogP contribution is 2.67. The van der Waals surface area contributed by atoms with Gasteiger partial charge >= 0.3 is 10.4 Å². The number of hydrogen-bond donors (Lipinski definition) is 1. The van der Waals surface area contributed by atoms with E-state index in [1.54, 1.807) is 6.92 Å². The molecule has 154 valence electrons. The Morgan fingerprint density at radius 3 is 2.30 bits per heavy atom. The summed E-state index contributed by atoms with van der Waals surface area (Å²) in [6.07, 6.45) is 8.92. The van der Waals surface area contributed by atoms with E-state index in [0.29, 0.717) is 35.9 Å². The molecule has 8 atom stereocenters. The number of carbonyl (C=O) groups excluding carboxylic acids is 1. The lowest BCUT2D eigenvalue weighted by atomic mass is 9.44. The van der Waals surface area contributed by atoms with Crippen molar-refractivity contribution in [1.82, 2.24) is 0 Å². The smallest absolute Gasteiger partial charge is 0.300 e. The predicted molar refractivity (Wildman–Crippen MR) is 102 cm³/mol. The van der Waals surface area contributed by atoms with Crippen LogP contribution in [-0.4, -0.2) is 24.9 Å². The minimum absolute atomic E-state index is 0.182. The summed E-state index contributed by atoms with van der Waals surface area (Å²) >= 11 is 0. The van der Waals surface area contributed by atoms with Crippen LogP contribution in [0.5, 0.6) is 0 Å². The summed E-state index contributed by atoms with van der Waals surface area (Å²) in [4.78, 5) is 12.2. The third-order valence-electron chi connectivity index (χ3n) is 9.37. The summed E-state index contributed by atoms with van der Waals surface area (Å²) in [6.45, 7) is 6.57. The largest absolute Gasteiger partial charge is 0.397 e. The van der Waals surface area contributed by atoms with Crippen LogP contribution in [-0.2, 0) is 19.4 Å². The molecule has 0 unspecified atom stereocenters. The van der Waals surface area contributed by atoms with Gasteiger partial charge in [0.05, 0.1) is 6.10 Å². The molecular formula is C21H34O5S. The van der Waals surface area contributed by atoms with Crippen LogP contribution >= 0.6 is 0 Å². The summed E-state index contributed by atoms with van der Waals surface area (Å²) in [7, 11) is -4.37. The molecule has 4 rings (SSSR count). The maximum absolute atomic E-state index is 12.2. The first kappa shape index (κ1) is 19.8. The van der Waals surface area contributed by atoms with Gasteiger partial charge in [-0.3, -0.25) is 9.35 Å². The van der Waals surface area contributed by atoms with Crippen LogP contribution in [0, 0.1) is 40.4 Å². The van der Waals surface area contributed by atoms with Gasteiger partial charge in [0, 0.05) is 5.92 Å². The van der Waals surface area contributed by atoms with Crippen LogP contribution in [0.25, 0.3) is 0 Å². The van der Waals surface area contributed by atoms with Gasteiger partial charge in [-0.15, -0.1) is 0 Å². The second-order valence-corrected chi connectivity index (χ2v) is 11.4. The van der Waals surface area contributed by atoms with Gasteiger partial charge in [0.15, 0.2) is 0 Å². The molecule has 0 amide bonds. The number of hydrogen-bond acceptors (Lipinski definition) is 4. The topological polar surface area (TPSA) is 80.7 Å². The SMILES string of the molecule is CC(=O)[C@H]1CC[C@H]2[C@@H]3CC[C@H]4C[C@H](OS(=O)(=O)O)CC[C@@]4(C)[C@H]3CC[C@@]12C. The molecule has 0 saturated heterocycles. The third kappa shape index (κ3) is 3.20. The van der Waals surface area contributed by atoms with E-state index in [9.17, 15) is 13.2 Å². The molecule has 6 heteroatoms. The van der Waals surface area contributed by atoms with Crippen molar-refractivity contribution >= 4 is 16.2 Å². The fourth-order valence-electron chi connectivity index (χ4n) is 8.15. The van der Waals surface area contributed by atoms with Crippen LogP contribution in [0.15, 0.2) is 0 Å². The van der Waals surface area contributed by atoms with Crippen molar-refractivity contribution in [3.8, 4) is 0 Å². The Balaban J connectivity index is 1.53. The van der Waals surface area contributed by atoms with E-state index >= 15 is 0 Å². The van der Waals surface area contributed by atoms with Crippen molar-refractivity contribution in [3.05, 3.63) is 0 Å². The van der Waals surface area contributed by atoms with Crippen molar-refractivity contribution in [2.75, 3.05) is 0 Å². The van der Waals surface area contributed by atoms with Gasteiger partial charge in [-0.2, -0.15) is 8.42 Å². The summed E-state index contributed by atoms with van der Waals surface area (Å²) in [6, 6.07) is 0. The first-order valence-corrected chi connectivity index (χ1v) is 12.1. The molecule has 0 aromatic rings. The van der Waals surface area contributed by atoms with E-state index in [1.165, 1.54) is 19.3 Å². The highest BCUT2D eigenvalue weighted by atomic mass is 32.3. The lowest BCUT2D eigenvalue weighted by Gasteiger charge is -2.61. The van der Waals surface area contributed by atoms with E-state index in [1.807, 2.05) is 0 Å². The predicted octanol–water partition coefficient (Wildman–Crippen LogP) is 4.42. The van der Waals surface area contributed by atoms with Crippen LogP contribution in [0.2, 0.25) is 0 Å². The Kier molecular flexibility index (Phi) is 4.80. The van der Waals surface area contributed by atoms with E-state index in [2.05, 4.69) is 13.8 Å². The highest BCUT2D eigenvalue weighted by molar-refractivity contribution is 7.80. The van der Waals surface area contributed by atoms with E-state index in [-0.39, 0.29) is 22.9 Å². The van der Waals surface area contributed by atoms with E-state index in [4.69, 9.17) is 8.74 Å². The average Bonchev–Trinajstić information content (AvgIpc) is 2.91. The van der Waals surface area contributed by atoms with Crippen molar-refractivity contribution in [2.24, 2.45) is 40.4 Å². The van der Waals surface area contributed by atoms with Gasteiger partial charge in [-0.05, 0) is 99.2 Å². The molecule has 4 aliphatic rings. The maximum Gasteiger partial charge on any atom is 0.397 e. The zero-order valence-corrected chi connectivity index (χ0v) is 17.6. The van der Waals surface area contributed by atoms with Crippen LogP contribution in [0.3, 0.4) is 0 Å². The summed E-state index contributed by atoms with van der Waals surface area (Å²) in [5.74, 6) is 3.12. The molecule has 0 aromatic heterocycles. The van der Waals surface area contributed by atoms with Gasteiger partial charge in [0.2, 0.25) is 0 Å². The minimum atomic E-state index is -4.37. The molecule has 27 heavy (non-hydrogen) atoms. The Morgan fingerprint density at radius 1 is 0.963 bits per heavy atom. The molecule has 0 radical (unpaired) electrons. The Bertz CT molecular complexity index is 718. The molecule has 0 bridgehead atoms. The van der Waals surface area contributed by atoms with Gasteiger partial charge in [-0.1, -0.05) is 13.8 Å². The first-order valence-electron chi connectivity index (χ1n) is 10.7. The van der Waals surface area contributed by atoms with Crippen molar-refractivity contribution in [3.63, 3.8) is 0 Å². The fraction of sp³-hybridized carbons (Fsp3) is 0.952. The van der Waals surface area contributed by atoms with Gasteiger partial charge < -0.3 is 0 Å². The number of ketones is 1. The molecule has 0 aliphatic heterocycles. The zero-order chi connectivity index (χ0) is 19.6. The molecule has 4 saturated carbocycles. The standard InChI is InChI=1S/C21H34O5S/c1-13(22)17-6-7-18-16-5-4-14-12-15(26-27(23,24)25)8-10-20(14,2)19(16)9-11-21(17,18)3/h14-19H,4-12H2,1-3H3,(H,23,24,25)/t14-,15+,16-,17+,18-,19-,20+,21-/m0/s1.